The minimum Gasteiger partial charge on any atom is -0.353 e. The van der Waals surface area contributed by atoms with Crippen LogP contribution in [-0.4, -0.2) is 36.7 Å². The maximum Gasteiger partial charge on any atom is 0.232 e. The van der Waals surface area contributed by atoms with Crippen molar-refractivity contribution in [1.82, 2.24) is 10.2 Å². The van der Waals surface area contributed by atoms with Crippen LogP contribution in [0.25, 0.3) is 0 Å². The van der Waals surface area contributed by atoms with Crippen LogP contribution < -0.4 is 5.32 Å². The lowest BCUT2D eigenvalue weighted by Crippen LogP contribution is -2.38. The van der Waals surface area contributed by atoms with E-state index in [9.17, 15) is 9.18 Å². The highest BCUT2D eigenvalue weighted by Gasteiger charge is 2.18. The Labute approximate surface area is 153 Å². The van der Waals surface area contributed by atoms with Crippen molar-refractivity contribution in [3.05, 3.63) is 71.5 Å². The summed E-state index contributed by atoms with van der Waals surface area (Å²) in [4.78, 5) is 14.3. The van der Waals surface area contributed by atoms with Gasteiger partial charge in [-0.25, -0.2) is 4.39 Å². The van der Waals surface area contributed by atoms with E-state index in [4.69, 9.17) is 0 Å². The van der Waals surface area contributed by atoms with Crippen LogP contribution in [0.1, 0.15) is 24.1 Å². The molecule has 0 aliphatic rings. The number of rotatable bonds is 8. The van der Waals surface area contributed by atoms with Crippen LogP contribution in [-0.2, 0) is 10.5 Å². The molecule has 0 unspecified atom stereocenters. The number of nitrogens with one attached hydrogen (secondary N) is 1. The number of nitrogens with zero attached hydrogens (tertiary/aromatic N) is 1. The third-order valence-corrected chi connectivity index (χ3v) is 5.25. The summed E-state index contributed by atoms with van der Waals surface area (Å²) in [5.74, 6) is 0.544. The van der Waals surface area contributed by atoms with Crippen molar-refractivity contribution < 1.29 is 9.18 Å². The number of halogens is 1. The molecule has 0 fully saturated rings. The molecule has 0 bridgehead atoms. The van der Waals surface area contributed by atoms with Crippen molar-refractivity contribution in [2.24, 2.45) is 0 Å². The smallest absolute Gasteiger partial charge is 0.232 e. The highest BCUT2D eigenvalue weighted by molar-refractivity contribution is 7.99. The van der Waals surface area contributed by atoms with Gasteiger partial charge in [0, 0.05) is 12.3 Å². The summed E-state index contributed by atoms with van der Waals surface area (Å²) >= 11 is 1.61. The molecule has 0 aliphatic carbocycles. The largest absolute Gasteiger partial charge is 0.353 e. The first-order valence-electron chi connectivity index (χ1n) is 8.32. The second-order valence-corrected chi connectivity index (χ2v) is 7.55. The number of hydrogen-bond acceptors (Lipinski definition) is 3. The van der Waals surface area contributed by atoms with Gasteiger partial charge in [0.15, 0.2) is 0 Å². The summed E-state index contributed by atoms with van der Waals surface area (Å²) in [5, 5.41) is 2.85. The van der Waals surface area contributed by atoms with E-state index in [-0.39, 0.29) is 23.0 Å². The van der Waals surface area contributed by atoms with Gasteiger partial charge in [0.2, 0.25) is 5.91 Å². The van der Waals surface area contributed by atoms with Crippen LogP contribution in [0.2, 0.25) is 0 Å². The summed E-state index contributed by atoms with van der Waals surface area (Å²) < 4.78 is 13.5. The van der Waals surface area contributed by atoms with Crippen LogP contribution in [0.3, 0.4) is 0 Å². The fourth-order valence-corrected chi connectivity index (χ4v) is 3.39. The molecule has 25 heavy (non-hydrogen) atoms. The highest BCUT2D eigenvalue weighted by atomic mass is 32.2. The van der Waals surface area contributed by atoms with Crippen LogP contribution in [0, 0.1) is 5.82 Å². The molecule has 0 aromatic heterocycles. The number of benzene rings is 2. The first-order chi connectivity index (χ1) is 12.0. The molecule has 0 saturated heterocycles. The predicted octanol–water partition coefficient (Wildman–Crippen LogP) is 3.87. The number of hydrogen-bond donors (Lipinski definition) is 1. The van der Waals surface area contributed by atoms with Gasteiger partial charge < -0.3 is 10.2 Å². The summed E-state index contributed by atoms with van der Waals surface area (Å²) in [6, 6.07) is 16.6. The number of amides is 1. The third-order valence-electron chi connectivity index (χ3n) is 4.04. The molecule has 5 heteroatoms. The molecule has 0 heterocycles. The normalized spacial score (nSPS) is 13.5. The molecule has 0 radical (unpaired) electrons. The Bertz CT molecular complexity index is 678. The van der Waals surface area contributed by atoms with Crippen molar-refractivity contribution in [3.8, 4) is 0 Å². The van der Waals surface area contributed by atoms with Gasteiger partial charge in [-0.15, -0.1) is 11.8 Å². The fourth-order valence-electron chi connectivity index (χ4n) is 2.52. The average Bonchev–Trinajstić information content (AvgIpc) is 2.60. The molecule has 0 saturated carbocycles. The van der Waals surface area contributed by atoms with Crippen molar-refractivity contribution in [3.63, 3.8) is 0 Å². The van der Waals surface area contributed by atoms with Gasteiger partial charge >= 0.3 is 0 Å². The van der Waals surface area contributed by atoms with E-state index in [1.807, 2.05) is 50.2 Å². The zero-order chi connectivity index (χ0) is 18.2. The Morgan fingerprint density at radius 2 is 1.88 bits per heavy atom. The zero-order valence-corrected chi connectivity index (χ0v) is 15.7. The van der Waals surface area contributed by atoms with Crippen molar-refractivity contribution in [1.29, 1.82) is 0 Å². The lowest BCUT2D eigenvalue weighted by molar-refractivity contribution is -0.120. The van der Waals surface area contributed by atoms with E-state index in [0.29, 0.717) is 6.54 Å². The molecular weight excluding hydrogens is 335 g/mol. The molecular formula is C20H25FN2OS. The Kier molecular flexibility index (Phi) is 7.47. The van der Waals surface area contributed by atoms with Crippen molar-refractivity contribution >= 4 is 17.7 Å². The van der Waals surface area contributed by atoms with Gasteiger partial charge in [0.1, 0.15) is 5.82 Å². The minimum absolute atomic E-state index is 0.00387. The Morgan fingerprint density at radius 1 is 1.16 bits per heavy atom. The molecule has 2 atom stereocenters. The van der Waals surface area contributed by atoms with Gasteiger partial charge in [-0.05, 0) is 44.3 Å². The first kappa shape index (κ1) is 19.5. The number of carbonyl (C=O) groups excluding carboxylic acids is 1. The van der Waals surface area contributed by atoms with Gasteiger partial charge in [-0.2, -0.15) is 0 Å². The summed E-state index contributed by atoms with van der Waals surface area (Å²) in [5.41, 5.74) is 2.06. The molecule has 2 rings (SSSR count). The standard InChI is InChI=1S/C20H25FN2OS/c1-15(25-14-16-8-5-4-6-9-16)20(24)22-13-19(23(2)3)17-10-7-11-18(21)12-17/h4-12,15,19H,13-14H2,1-3H3,(H,22,24)/t15-,19-/m0/s1. The van der Waals surface area contributed by atoms with Crippen LogP contribution in [0.4, 0.5) is 4.39 Å². The molecule has 0 aliphatic heterocycles. The maximum absolute atomic E-state index is 13.5. The third kappa shape index (κ3) is 6.18. The zero-order valence-electron chi connectivity index (χ0n) is 14.9. The Morgan fingerprint density at radius 3 is 2.52 bits per heavy atom. The van der Waals surface area contributed by atoms with E-state index in [0.717, 1.165) is 11.3 Å². The van der Waals surface area contributed by atoms with Gasteiger partial charge in [-0.1, -0.05) is 42.5 Å². The van der Waals surface area contributed by atoms with Gasteiger partial charge in [0.25, 0.3) is 0 Å². The summed E-state index contributed by atoms with van der Waals surface area (Å²) in [6.45, 7) is 2.36. The van der Waals surface area contributed by atoms with E-state index in [1.54, 1.807) is 17.8 Å². The number of carbonyl (C=O) groups is 1. The number of thioether (sulfide) groups is 1. The molecule has 2 aromatic rings. The van der Waals surface area contributed by atoms with Crippen molar-refractivity contribution in [2.45, 2.75) is 24.0 Å². The Hall–Kier alpha value is -1.85. The maximum atomic E-state index is 13.5. The van der Waals surface area contributed by atoms with Gasteiger partial charge in [-0.3, -0.25) is 4.79 Å². The number of likely N-dealkylation sites (N-methyl/N-ethyl adjacent to an activating group) is 1. The summed E-state index contributed by atoms with van der Waals surface area (Å²) in [7, 11) is 3.85. The molecule has 2 aromatic carbocycles. The highest BCUT2D eigenvalue weighted by Crippen LogP contribution is 2.20. The topological polar surface area (TPSA) is 32.3 Å². The van der Waals surface area contributed by atoms with E-state index in [1.165, 1.54) is 17.7 Å². The quantitative estimate of drug-likeness (QED) is 0.776. The average molecular weight is 360 g/mol. The van der Waals surface area contributed by atoms with Gasteiger partial charge in [0.05, 0.1) is 11.3 Å². The first-order valence-corrected chi connectivity index (χ1v) is 9.37. The van der Waals surface area contributed by atoms with Crippen molar-refractivity contribution in [2.75, 3.05) is 20.6 Å². The summed E-state index contributed by atoms with van der Waals surface area (Å²) in [6.07, 6.45) is 0. The minimum atomic E-state index is -0.262. The Balaban J connectivity index is 1.87. The lowest BCUT2D eigenvalue weighted by Gasteiger charge is -2.25. The lowest BCUT2D eigenvalue weighted by atomic mass is 10.1. The molecule has 1 amide bonds. The van der Waals surface area contributed by atoms with Crippen LogP contribution >= 0.6 is 11.8 Å². The second-order valence-electron chi connectivity index (χ2n) is 6.22. The van der Waals surface area contributed by atoms with Crippen LogP contribution in [0.15, 0.2) is 54.6 Å². The molecule has 3 nitrogen and oxygen atoms in total. The monoisotopic (exact) mass is 360 g/mol. The van der Waals surface area contributed by atoms with E-state index in [2.05, 4.69) is 17.4 Å². The molecule has 1 N–H and O–H groups in total. The van der Waals surface area contributed by atoms with E-state index >= 15 is 0 Å². The predicted molar refractivity (Wildman–Crippen MR) is 103 cm³/mol. The SMILES string of the molecule is C[C@H](SCc1ccccc1)C(=O)NC[C@@H](c1cccc(F)c1)N(C)C. The van der Waals surface area contributed by atoms with E-state index < -0.39 is 0 Å². The molecule has 134 valence electrons. The van der Waals surface area contributed by atoms with Crippen LogP contribution in [0.5, 0.6) is 0 Å². The fraction of sp³-hybridized carbons (Fsp3) is 0.350. The second kappa shape index (κ2) is 9.59. The molecule has 0 spiro atoms.